The van der Waals surface area contributed by atoms with E-state index in [4.69, 9.17) is 28.9 Å². The highest BCUT2D eigenvalue weighted by molar-refractivity contribution is 6.38. The molecule has 0 bridgehead atoms. The molecule has 1 aromatic heterocycles. The molecule has 3 N–H and O–H groups in total. The predicted octanol–water partition coefficient (Wildman–Crippen LogP) is 1.07. The fourth-order valence-electron chi connectivity index (χ4n) is 0.685. The second kappa shape index (κ2) is 4.54. The number of halogens is 2. The number of carbonyl (C=O) groups is 1. The maximum absolute atomic E-state index is 11.2. The SMILES string of the molecule is C[C@@H](N)C(=O)Nc1c(Cl)ncnc1Cl. The second-order valence-corrected chi connectivity index (χ2v) is 3.32. The molecule has 0 saturated heterocycles. The molecule has 0 radical (unpaired) electrons. The topological polar surface area (TPSA) is 80.9 Å². The Morgan fingerprint density at radius 2 is 2.00 bits per heavy atom. The summed E-state index contributed by atoms with van der Waals surface area (Å²) in [6.07, 6.45) is 1.20. The van der Waals surface area contributed by atoms with E-state index in [1.165, 1.54) is 6.33 Å². The number of hydrogen-bond donors (Lipinski definition) is 2. The van der Waals surface area contributed by atoms with Gasteiger partial charge in [0.25, 0.3) is 0 Å². The van der Waals surface area contributed by atoms with Crippen LogP contribution in [-0.2, 0) is 4.79 Å². The zero-order valence-corrected chi connectivity index (χ0v) is 8.80. The first-order chi connectivity index (χ1) is 6.52. The van der Waals surface area contributed by atoms with Crippen LogP contribution in [0.1, 0.15) is 6.92 Å². The monoisotopic (exact) mass is 234 g/mol. The van der Waals surface area contributed by atoms with Crippen LogP contribution in [-0.4, -0.2) is 21.9 Å². The van der Waals surface area contributed by atoms with E-state index in [1.54, 1.807) is 6.92 Å². The first kappa shape index (κ1) is 11.2. The van der Waals surface area contributed by atoms with E-state index in [-0.39, 0.29) is 16.0 Å². The van der Waals surface area contributed by atoms with Crippen molar-refractivity contribution in [1.29, 1.82) is 0 Å². The molecule has 1 amide bonds. The molecule has 0 spiro atoms. The summed E-state index contributed by atoms with van der Waals surface area (Å²) in [6, 6.07) is -0.651. The van der Waals surface area contributed by atoms with E-state index in [0.29, 0.717) is 0 Å². The third-order valence-electron chi connectivity index (χ3n) is 1.42. The number of hydrogen-bond acceptors (Lipinski definition) is 4. The van der Waals surface area contributed by atoms with Crippen LogP contribution in [0.5, 0.6) is 0 Å². The number of nitrogens with zero attached hydrogens (tertiary/aromatic N) is 2. The van der Waals surface area contributed by atoms with Crippen LogP contribution in [0.3, 0.4) is 0 Å². The normalized spacial score (nSPS) is 12.3. The average molecular weight is 235 g/mol. The first-order valence-electron chi connectivity index (χ1n) is 3.75. The summed E-state index contributed by atoms with van der Waals surface area (Å²) in [5, 5.41) is 2.59. The molecule has 14 heavy (non-hydrogen) atoms. The molecule has 1 atom stereocenters. The van der Waals surface area contributed by atoms with E-state index in [9.17, 15) is 4.79 Å². The Balaban J connectivity index is 2.91. The van der Waals surface area contributed by atoms with Gasteiger partial charge < -0.3 is 11.1 Å². The van der Waals surface area contributed by atoms with Crippen molar-refractivity contribution < 1.29 is 4.79 Å². The molecule has 7 heteroatoms. The highest BCUT2D eigenvalue weighted by Crippen LogP contribution is 2.25. The van der Waals surface area contributed by atoms with Crippen LogP contribution in [0.2, 0.25) is 10.3 Å². The molecule has 76 valence electrons. The van der Waals surface area contributed by atoms with Crippen molar-refractivity contribution in [3.8, 4) is 0 Å². The van der Waals surface area contributed by atoms with Crippen molar-refractivity contribution in [3.63, 3.8) is 0 Å². The third kappa shape index (κ3) is 2.54. The Labute approximate surface area is 90.6 Å². The summed E-state index contributed by atoms with van der Waals surface area (Å²) >= 11 is 11.4. The largest absolute Gasteiger partial charge is 0.320 e. The minimum Gasteiger partial charge on any atom is -0.320 e. The van der Waals surface area contributed by atoms with Gasteiger partial charge in [0, 0.05) is 0 Å². The zero-order valence-electron chi connectivity index (χ0n) is 7.29. The van der Waals surface area contributed by atoms with Crippen LogP contribution < -0.4 is 11.1 Å². The first-order valence-corrected chi connectivity index (χ1v) is 4.50. The quantitative estimate of drug-likeness (QED) is 0.751. The zero-order chi connectivity index (χ0) is 10.7. The standard InChI is InChI=1S/C7H8Cl2N4O/c1-3(10)7(14)13-4-5(8)11-2-12-6(4)9/h2-3H,10H2,1H3,(H,13,14)/t3-/m1/s1. The fourth-order valence-corrected chi connectivity index (χ4v) is 1.09. The minimum absolute atomic E-state index is 0.0824. The van der Waals surface area contributed by atoms with Crippen LogP contribution in [0, 0.1) is 0 Å². The summed E-state index contributed by atoms with van der Waals surface area (Å²) in [4.78, 5) is 18.5. The Morgan fingerprint density at radius 1 is 1.50 bits per heavy atom. The average Bonchev–Trinajstić information content (AvgIpc) is 2.11. The lowest BCUT2D eigenvalue weighted by molar-refractivity contribution is -0.117. The highest BCUT2D eigenvalue weighted by atomic mass is 35.5. The van der Waals surface area contributed by atoms with Gasteiger partial charge in [-0.1, -0.05) is 23.2 Å². The Bertz CT molecular complexity index is 335. The van der Waals surface area contributed by atoms with Gasteiger partial charge in [-0.25, -0.2) is 9.97 Å². The third-order valence-corrected chi connectivity index (χ3v) is 1.99. The molecule has 1 aromatic rings. The lowest BCUT2D eigenvalue weighted by atomic mass is 10.3. The van der Waals surface area contributed by atoms with E-state index >= 15 is 0 Å². The molecule has 1 heterocycles. The lowest BCUT2D eigenvalue weighted by Gasteiger charge is -2.09. The van der Waals surface area contributed by atoms with Gasteiger partial charge in [0.2, 0.25) is 5.91 Å². The van der Waals surface area contributed by atoms with E-state index in [2.05, 4.69) is 15.3 Å². The minimum atomic E-state index is -0.651. The highest BCUT2D eigenvalue weighted by Gasteiger charge is 2.13. The van der Waals surface area contributed by atoms with E-state index < -0.39 is 11.9 Å². The lowest BCUT2D eigenvalue weighted by Crippen LogP contribution is -2.32. The van der Waals surface area contributed by atoms with Crippen molar-refractivity contribution in [2.24, 2.45) is 5.73 Å². The molecule has 5 nitrogen and oxygen atoms in total. The Kier molecular flexibility index (Phi) is 3.62. The smallest absolute Gasteiger partial charge is 0.241 e. The van der Waals surface area contributed by atoms with Gasteiger partial charge in [-0.15, -0.1) is 0 Å². The van der Waals surface area contributed by atoms with Crippen molar-refractivity contribution in [1.82, 2.24) is 9.97 Å². The van der Waals surface area contributed by atoms with E-state index in [0.717, 1.165) is 0 Å². The summed E-state index contributed by atoms with van der Waals surface area (Å²) in [6.45, 7) is 1.54. The number of nitrogens with two attached hydrogens (primary N) is 1. The number of anilines is 1. The number of amides is 1. The molecule has 0 aliphatic heterocycles. The van der Waals surface area contributed by atoms with Gasteiger partial charge in [0.05, 0.1) is 6.04 Å². The summed E-state index contributed by atoms with van der Waals surface area (Å²) in [7, 11) is 0. The Hall–Kier alpha value is -0.910. The van der Waals surface area contributed by atoms with Gasteiger partial charge in [-0.05, 0) is 6.92 Å². The van der Waals surface area contributed by atoms with Crippen LogP contribution in [0.25, 0.3) is 0 Å². The van der Waals surface area contributed by atoms with Crippen molar-refractivity contribution in [2.45, 2.75) is 13.0 Å². The second-order valence-electron chi connectivity index (χ2n) is 2.61. The van der Waals surface area contributed by atoms with Crippen LogP contribution in [0.4, 0.5) is 5.69 Å². The summed E-state index contributed by atoms with van der Waals surface area (Å²) < 4.78 is 0. The number of nitrogens with one attached hydrogen (secondary N) is 1. The van der Waals surface area contributed by atoms with Gasteiger partial charge in [-0.3, -0.25) is 4.79 Å². The van der Waals surface area contributed by atoms with Gasteiger partial charge in [0.1, 0.15) is 12.0 Å². The van der Waals surface area contributed by atoms with E-state index in [1.807, 2.05) is 0 Å². The molecular formula is C7H8Cl2N4O. The number of rotatable bonds is 2. The maximum Gasteiger partial charge on any atom is 0.241 e. The molecule has 0 fully saturated rings. The van der Waals surface area contributed by atoms with Crippen LogP contribution in [0.15, 0.2) is 6.33 Å². The molecule has 0 saturated carbocycles. The molecule has 0 aromatic carbocycles. The summed E-state index contributed by atoms with van der Waals surface area (Å²) in [5.41, 5.74) is 5.52. The number of aromatic nitrogens is 2. The predicted molar refractivity (Wildman–Crippen MR) is 54.3 cm³/mol. The molecule has 0 aliphatic rings. The van der Waals surface area contributed by atoms with Crippen molar-refractivity contribution >= 4 is 34.8 Å². The maximum atomic E-state index is 11.2. The Morgan fingerprint density at radius 3 is 2.43 bits per heavy atom. The van der Waals surface area contributed by atoms with Gasteiger partial charge in [-0.2, -0.15) is 0 Å². The number of carbonyl (C=O) groups excluding carboxylic acids is 1. The molecule has 0 aliphatic carbocycles. The van der Waals surface area contributed by atoms with Crippen LogP contribution >= 0.6 is 23.2 Å². The fraction of sp³-hybridized carbons (Fsp3) is 0.286. The van der Waals surface area contributed by atoms with Gasteiger partial charge in [0.15, 0.2) is 10.3 Å². The molecule has 1 rings (SSSR count). The molecule has 0 unspecified atom stereocenters. The van der Waals surface area contributed by atoms with Gasteiger partial charge >= 0.3 is 0 Å². The van der Waals surface area contributed by atoms with Crippen molar-refractivity contribution in [2.75, 3.05) is 5.32 Å². The molecular weight excluding hydrogens is 227 g/mol. The summed E-state index contributed by atoms with van der Waals surface area (Å²) in [5.74, 6) is -0.399. The van der Waals surface area contributed by atoms with Crippen molar-refractivity contribution in [3.05, 3.63) is 16.6 Å².